The highest BCUT2D eigenvalue weighted by Gasteiger charge is 2.31. The Morgan fingerprint density at radius 3 is 2.93 bits per heavy atom. The van der Waals surface area contributed by atoms with Crippen molar-refractivity contribution >= 4 is 18.5 Å². The second-order valence-electron chi connectivity index (χ2n) is 4.28. The molecule has 3 atom stereocenters. The van der Waals surface area contributed by atoms with Gasteiger partial charge in [0.05, 0.1) is 0 Å². The van der Waals surface area contributed by atoms with E-state index in [4.69, 9.17) is 4.74 Å². The molecule has 2 heterocycles. The molecule has 1 amide bonds. The number of carbonyl (C=O) groups excluding carboxylic acids is 1. The zero-order chi connectivity index (χ0) is 9.97. The fraction of sp³-hybridized carbons (Fsp3) is 0.900. The van der Waals surface area contributed by atoms with Crippen molar-refractivity contribution in [2.24, 2.45) is 5.92 Å². The standard InChI is InChI=1S/C10H18N2O2.ClH/c1-11-10(13)14-9-5-8-3-2-4-12(6-8)7-9;/h8-9H,2-7H2,1H3,(H,11,13);1H. The number of fused-ring (bicyclic) bond motifs is 2. The molecule has 2 rings (SSSR count). The van der Waals surface area contributed by atoms with Gasteiger partial charge in [0.25, 0.3) is 0 Å². The number of halogens is 1. The molecule has 0 saturated carbocycles. The summed E-state index contributed by atoms with van der Waals surface area (Å²) in [7, 11) is 1.60. The molecular formula is C10H19ClN2O2. The van der Waals surface area contributed by atoms with Crippen LogP contribution in [0.1, 0.15) is 19.3 Å². The van der Waals surface area contributed by atoms with Crippen molar-refractivity contribution < 1.29 is 9.53 Å². The van der Waals surface area contributed by atoms with Crippen LogP contribution >= 0.6 is 12.4 Å². The highest BCUT2D eigenvalue weighted by Crippen LogP contribution is 2.27. The number of nitrogens with one attached hydrogen (secondary N) is 1. The van der Waals surface area contributed by atoms with E-state index in [-0.39, 0.29) is 24.6 Å². The van der Waals surface area contributed by atoms with E-state index in [1.807, 2.05) is 0 Å². The molecule has 2 fully saturated rings. The lowest BCUT2D eigenvalue weighted by Crippen LogP contribution is -2.48. The summed E-state index contributed by atoms with van der Waals surface area (Å²) in [6, 6.07) is 0. The van der Waals surface area contributed by atoms with E-state index in [1.54, 1.807) is 7.05 Å². The van der Waals surface area contributed by atoms with Crippen molar-refractivity contribution in [1.82, 2.24) is 10.2 Å². The van der Waals surface area contributed by atoms with Gasteiger partial charge in [-0.1, -0.05) is 0 Å². The van der Waals surface area contributed by atoms with Crippen LogP contribution in [0.25, 0.3) is 0 Å². The fourth-order valence-corrected chi connectivity index (χ4v) is 2.54. The number of amides is 1. The molecule has 0 aliphatic carbocycles. The van der Waals surface area contributed by atoms with Crippen molar-refractivity contribution in [3.8, 4) is 0 Å². The highest BCUT2D eigenvalue weighted by molar-refractivity contribution is 5.85. The largest absolute Gasteiger partial charge is 0.445 e. The Morgan fingerprint density at radius 1 is 1.47 bits per heavy atom. The van der Waals surface area contributed by atoms with E-state index in [2.05, 4.69) is 10.2 Å². The monoisotopic (exact) mass is 234 g/mol. The molecule has 0 radical (unpaired) electrons. The minimum absolute atomic E-state index is 0. The molecule has 5 heteroatoms. The summed E-state index contributed by atoms with van der Waals surface area (Å²) >= 11 is 0. The van der Waals surface area contributed by atoms with E-state index in [1.165, 1.54) is 25.9 Å². The van der Waals surface area contributed by atoms with Gasteiger partial charge in [-0.05, 0) is 31.7 Å². The third kappa shape index (κ3) is 3.24. The van der Waals surface area contributed by atoms with Gasteiger partial charge in [0.15, 0.2) is 0 Å². The van der Waals surface area contributed by atoms with Crippen molar-refractivity contribution in [2.45, 2.75) is 25.4 Å². The Bertz CT molecular complexity index is 213. The van der Waals surface area contributed by atoms with Crippen LogP contribution in [0, 0.1) is 5.92 Å². The van der Waals surface area contributed by atoms with Crippen LogP contribution in [0.2, 0.25) is 0 Å². The number of alkyl carbamates (subject to hydrolysis) is 1. The first-order valence-electron chi connectivity index (χ1n) is 5.38. The number of hydrogen-bond donors (Lipinski definition) is 1. The predicted molar refractivity (Wildman–Crippen MR) is 60.4 cm³/mol. The quantitative estimate of drug-likeness (QED) is 0.743. The lowest BCUT2D eigenvalue weighted by Gasteiger charge is -2.41. The van der Waals surface area contributed by atoms with Crippen molar-refractivity contribution in [3.05, 3.63) is 0 Å². The molecule has 88 valence electrons. The number of nitrogens with zero attached hydrogens (tertiary/aromatic N) is 1. The normalized spacial score (nSPS) is 33.8. The Hall–Kier alpha value is -0.480. The summed E-state index contributed by atoms with van der Waals surface area (Å²) in [5.74, 6) is 0.743. The molecule has 0 spiro atoms. The van der Waals surface area contributed by atoms with Crippen LogP contribution in [0.4, 0.5) is 4.79 Å². The van der Waals surface area contributed by atoms with Crippen LogP contribution in [-0.2, 0) is 4.74 Å². The molecule has 3 unspecified atom stereocenters. The van der Waals surface area contributed by atoms with Crippen molar-refractivity contribution in [3.63, 3.8) is 0 Å². The topological polar surface area (TPSA) is 41.6 Å². The summed E-state index contributed by atoms with van der Waals surface area (Å²) in [5.41, 5.74) is 0. The van der Waals surface area contributed by atoms with E-state index in [0.717, 1.165) is 18.9 Å². The van der Waals surface area contributed by atoms with Gasteiger partial charge in [-0.15, -0.1) is 12.4 Å². The van der Waals surface area contributed by atoms with E-state index >= 15 is 0 Å². The van der Waals surface area contributed by atoms with Crippen LogP contribution in [-0.4, -0.2) is 43.8 Å². The first-order valence-corrected chi connectivity index (χ1v) is 5.38. The molecule has 2 saturated heterocycles. The predicted octanol–water partition coefficient (Wildman–Crippen LogP) is 1.25. The molecule has 0 aromatic heterocycles. The zero-order valence-corrected chi connectivity index (χ0v) is 9.89. The third-order valence-corrected chi connectivity index (χ3v) is 3.14. The smallest absolute Gasteiger partial charge is 0.407 e. The SMILES string of the molecule is CNC(=O)OC1CC2CCCN(C2)C1.Cl. The molecular weight excluding hydrogens is 216 g/mol. The van der Waals surface area contributed by atoms with Crippen molar-refractivity contribution in [1.29, 1.82) is 0 Å². The number of piperidine rings is 2. The van der Waals surface area contributed by atoms with Gasteiger partial charge in [0, 0.05) is 20.1 Å². The van der Waals surface area contributed by atoms with Crippen LogP contribution in [0.5, 0.6) is 0 Å². The van der Waals surface area contributed by atoms with Crippen LogP contribution in [0.15, 0.2) is 0 Å². The number of ether oxygens (including phenoxy) is 1. The average Bonchev–Trinajstić information content (AvgIpc) is 2.17. The summed E-state index contributed by atoms with van der Waals surface area (Å²) in [6.45, 7) is 3.29. The van der Waals surface area contributed by atoms with Gasteiger partial charge in [-0.3, -0.25) is 4.90 Å². The molecule has 1 N–H and O–H groups in total. The first kappa shape index (κ1) is 12.6. The zero-order valence-electron chi connectivity index (χ0n) is 9.07. The number of carbonyl (C=O) groups is 1. The Kier molecular flexibility index (Phi) is 4.67. The minimum atomic E-state index is -0.295. The molecule has 4 nitrogen and oxygen atoms in total. The second kappa shape index (κ2) is 5.56. The van der Waals surface area contributed by atoms with E-state index < -0.39 is 0 Å². The van der Waals surface area contributed by atoms with Gasteiger partial charge >= 0.3 is 6.09 Å². The van der Waals surface area contributed by atoms with Gasteiger partial charge in [-0.25, -0.2) is 4.79 Å². The molecule has 2 aliphatic rings. The number of hydrogen-bond acceptors (Lipinski definition) is 3. The maximum Gasteiger partial charge on any atom is 0.407 e. The lowest BCUT2D eigenvalue weighted by atomic mass is 9.88. The molecule has 0 aromatic carbocycles. The van der Waals surface area contributed by atoms with E-state index in [0.29, 0.717) is 0 Å². The molecule has 2 bridgehead atoms. The van der Waals surface area contributed by atoms with Crippen LogP contribution in [0.3, 0.4) is 0 Å². The van der Waals surface area contributed by atoms with Crippen molar-refractivity contribution in [2.75, 3.05) is 26.7 Å². The van der Waals surface area contributed by atoms with Gasteiger partial charge in [0.1, 0.15) is 6.10 Å². The summed E-state index contributed by atoms with van der Waals surface area (Å²) in [6.07, 6.45) is 3.45. The summed E-state index contributed by atoms with van der Waals surface area (Å²) in [4.78, 5) is 13.5. The van der Waals surface area contributed by atoms with E-state index in [9.17, 15) is 4.79 Å². The Labute approximate surface area is 96.7 Å². The lowest BCUT2D eigenvalue weighted by molar-refractivity contribution is 0.00259. The van der Waals surface area contributed by atoms with Gasteiger partial charge < -0.3 is 10.1 Å². The van der Waals surface area contributed by atoms with Crippen LogP contribution < -0.4 is 5.32 Å². The second-order valence-corrected chi connectivity index (χ2v) is 4.28. The van der Waals surface area contributed by atoms with Gasteiger partial charge in [-0.2, -0.15) is 0 Å². The minimum Gasteiger partial charge on any atom is -0.445 e. The Balaban J connectivity index is 0.00000112. The first-order chi connectivity index (χ1) is 6.78. The third-order valence-electron chi connectivity index (χ3n) is 3.14. The van der Waals surface area contributed by atoms with Gasteiger partial charge in [0.2, 0.25) is 0 Å². The summed E-state index contributed by atoms with van der Waals surface area (Å²) < 4.78 is 5.29. The maximum atomic E-state index is 11.0. The molecule has 0 aromatic rings. The average molecular weight is 235 g/mol. The highest BCUT2D eigenvalue weighted by atomic mass is 35.5. The molecule has 15 heavy (non-hydrogen) atoms. The number of rotatable bonds is 1. The summed E-state index contributed by atoms with van der Waals surface area (Å²) in [5, 5.41) is 2.50. The Morgan fingerprint density at radius 2 is 2.27 bits per heavy atom. The molecule has 2 aliphatic heterocycles. The fourth-order valence-electron chi connectivity index (χ4n) is 2.54. The maximum absolute atomic E-state index is 11.0.